The molecule has 0 bridgehead atoms. The van der Waals surface area contributed by atoms with Gasteiger partial charge in [-0.3, -0.25) is 0 Å². The van der Waals surface area contributed by atoms with Crippen molar-refractivity contribution in [1.82, 2.24) is 9.88 Å². The zero-order valence-electron chi connectivity index (χ0n) is 13.0. The molecule has 0 unspecified atom stereocenters. The van der Waals surface area contributed by atoms with E-state index in [1.54, 1.807) is 17.7 Å². The molecule has 0 radical (unpaired) electrons. The second kappa shape index (κ2) is 6.76. The lowest BCUT2D eigenvalue weighted by atomic mass is 10.2. The quantitative estimate of drug-likeness (QED) is 0.744. The van der Waals surface area contributed by atoms with E-state index in [4.69, 9.17) is 9.84 Å². The number of nitrogens with one attached hydrogen (secondary N) is 1. The van der Waals surface area contributed by atoms with Gasteiger partial charge in [0.25, 0.3) is 0 Å². The van der Waals surface area contributed by atoms with Crippen molar-refractivity contribution >= 4 is 33.6 Å². The number of hydrogen-bond acceptors (Lipinski definition) is 4. The predicted octanol–water partition coefficient (Wildman–Crippen LogP) is 3.36. The molecule has 2 aromatic heterocycles. The fourth-order valence-electron chi connectivity index (χ4n) is 2.39. The normalized spacial score (nSPS) is 10.7. The lowest BCUT2D eigenvalue weighted by Crippen LogP contribution is -2.23. The monoisotopic (exact) mass is 344 g/mol. The number of rotatable bonds is 5. The first kappa shape index (κ1) is 16.1. The lowest BCUT2D eigenvalue weighted by Gasteiger charge is -2.06. The molecule has 0 aliphatic carbocycles. The van der Waals surface area contributed by atoms with Gasteiger partial charge in [0, 0.05) is 11.9 Å². The summed E-state index contributed by atoms with van der Waals surface area (Å²) >= 11 is 1.45. The number of fused-ring (bicyclic) bond motifs is 1. The molecule has 0 aliphatic heterocycles. The molecule has 24 heavy (non-hydrogen) atoms. The van der Waals surface area contributed by atoms with Crippen molar-refractivity contribution in [2.75, 3.05) is 0 Å². The van der Waals surface area contributed by atoms with Gasteiger partial charge in [-0.1, -0.05) is 30.3 Å². The van der Waals surface area contributed by atoms with Crippen molar-refractivity contribution in [3.63, 3.8) is 0 Å². The van der Waals surface area contributed by atoms with Gasteiger partial charge in [-0.15, -0.1) is 11.3 Å². The topological polar surface area (TPSA) is 80.6 Å². The summed E-state index contributed by atoms with van der Waals surface area (Å²) in [6, 6.07) is 13.0. The Labute approximate surface area is 142 Å². The van der Waals surface area contributed by atoms with Crippen LogP contribution in [-0.2, 0) is 24.9 Å². The van der Waals surface area contributed by atoms with Crippen LogP contribution >= 0.6 is 11.3 Å². The second-order valence-corrected chi connectivity index (χ2v) is 6.44. The van der Waals surface area contributed by atoms with Crippen molar-refractivity contribution in [2.24, 2.45) is 7.05 Å². The molecule has 0 atom stereocenters. The molecular weight excluding hydrogens is 328 g/mol. The van der Waals surface area contributed by atoms with Crippen LogP contribution in [0, 0.1) is 0 Å². The van der Waals surface area contributed by atoms with Crippen molar-refractivity contribution < 1.29 is 19.4 Å². The van der Waals surface area contributed by atoms with Crippen LogP contribution in [0.25, 0.3) is 10.2 Å². The number of amides is 1. The van der Waals surface area contributed by atoms with Crippen LogP contribution in [0.4, 0.5) is 4.79 Å². The van der Waals surface area contributed by atoms with Crippen LogP contribution < -0.4 is 5.32 Å². The minimum atomic E-state index is -0.954. The number of alkyl carbamates (subject to hydrolysis) is 1. The Morgan fingerprint density at radius 1 is 1.25 bits per heavy atom. The highest BCUT2D eigenvalue weighted by atomic mass is 32.1. The Balaban J connectivity index is 1.57. The fourth-order valence-corrected chi connectivity index (χ4v) is 3.46. The summed E-state index contributed by atoms with van der Waals surface area (Å²) in [5, 5.41) is 11.8. The first-order chi connectivity index (χ1) is 11.5. The zero-order valence-corrected chi connectivity index (χ0v) is 13.8. The van der Waals surface area contributed by atoms with Crippen LogP contribution in [0.2, 0.25) is 0 Å². The standard InChI is InChI=1S/C17H16N2O4S/c1-19-13-7-12(24-15(13)8-14(19)16(20)21)9-18-17(22)23-10-11-5-3-2-4-6-11/h2-8H,9-10H2,1H3,(H,18,22)(H,20,21). The molecule has 2 N–H and O–H groups in total. The van der Waals surface area contributed by atoms with Gasteiger partial charge >= 0.3 is 12.1 Å². The number of carboxylic acids is 1. The maximum absolute atomic E-state index is 11.7. The van der Waals surface area contributed by atoms with Gasteiger partial charge in [0.2, 0.25) is 0 Å². The molecular formula is C17H16N2O4S. The number of carbonyl (C=O) groups excluding carboxylic acids is 1. The minimum absolute atomic E-state index is 0.223. The summed E-state index contributed by atoms with van der Waals surface area (Å²) in [7, 11) is 1.71. The highest BCUT2D eigenvalue weighted by Gasteiger charge is 2.15. The highest BCUT2D eigenvalue weighted by Crippen LogP contribution is 2.28. The van der Waals surface area contributed by atoms with Crippen LogP contribution in [0.5, 0.6) is 0 Å². The number of hydrogen-bond donors (Lipinski definition) is 2. The van der Waals surface area contributed by atoms with Crippen molar-refractivity contribution in [2.45, 2.75) is 13.2 Å². The molecule has 2 heterocycles. The molecule has 0 spiro atoms. The second-order valence-electron chi connectivity index (χ2n) is 5.27. The summed E-state index contributed by atoms with van der Waals surface area (Å²) in [6.07, 6.45) is -0.484. The van der Waals surface area contributed by atoms with E-state index in [0.29, 0.717) is 6.54 Å². The van der Waals surface area contributed by atoms with Gasteiger partial charge in [0.05, 0.1) is 16.8 Å². The van der Waals surface area contributed by atoms with E-state index >= 15 is 0 Å². The van der Waals surface area contributed by atoms with Crippen LogP contribution in [0.15, 0.2) is 42.5 Å². The maximum atomic E-state index is 11.7. The third-order valence-electron chi connectivity index (χ3n) is 3.62. The molecule has 0 aliphatic rings. The third-order valence-corrected chi connectivity index (χ3v) is 4.69. The van der Waals surface area contributed by atoms with Crippen LogP contribution in [-0.4, -0.2) is 21.7 Å². The van der Waals surface area contributed by atoms with E-state index in [9.17, 15) is 9.59 Å². The highest BCUT2D eigenvalue weighted by molar-refractivity contribution is 7.19. The molecule has 1 amide bonds. The number of thiophene rings is 1. The molecule has 3 aromatic rings. The zero-order chi connectivity index (χ0) is 17.1. The van der Waals surface area contributed by atoms with Crippen molar-refractivity contribution in [3.8, 4) is 0 Å². The van der Waals surface area contributed by atoms with Crippen molar-refractivity contribution in [3.05, 3.63) is 58.6 Å². The fraction of sp³-hybridized carbons (Fsp3) is 0.176. The Morgan fingerprint density at radius 3 is 2.67 bits per heavy atom. The first-order valence-corrected chi connectivity index (χ1v) is 8.12. The summed E-state index contributed by atoms with van der Waals surface area (Å²) < 4.78 is 7.66. The Bertz CT molecular complexity index is 883. The smallest absolute Gasteiger partial charge is 0.407 e. The number of carboxylic acid groups (broad SMARTS) is 1. The predicted molar refractivity (Wildman–Crippen MR) is 91.2 cm³/mol. The Morgan fingerprint density at radius 2 is 2.00 bits per heavy atom. The molecule has 124 valence electrons. The van der Waals surface area contributed by atoms with Crippen molar-refractivity contribution in [1.29, 1.82) is 0 Å². The molecule has 6 nitrogen and oxygen atoms in total. The largest absolute Gasteiger partial charge is 0.477 e. The van der Waals surface area contributed by atoms with E-state index in [-0.39, 0.29) is 12.3 Å². The van der Waals surface area contributed by atoms with E-state index in [1.165, 1.54) is 11.3 Å². The third kappa shape index (κ3) is 3.41. The van der Waals surface area contributed by atoms with E-state index in [2.05, 4.69) is 5.32 Å². The minimum Gasteiger partial charge on any atom is -0.477 e. The number of nitrogens with zero attached hydrogens (tertiary/aromatic N) is 1. The maximum Gasteiger partial charge on any atom is 0.407 e. The van der Waals surface area contributed by atoms with Crippen LogP contribution in [0.3, 0.4) is 0 Å². The molecule has 0 saturated heterocycles. The summed E-state index contributed by atoms with van der Waals surface area (Å²) in [5.74, 6) is -0.954. The Hall–Kier alpha value is -2.80. The van der Waals surface area contributed by atoms with Gasteiger partial charge < -0.3 is 19.7 Å². The number of benzene rings is 1. The molecule has 0 fully saturated rings. The summed E-state index contributed by atoms with van der Waals surface area (Å²) in [4.78, 5) is 23.8. The van der Waals surface area contributed by atoms with E-state index in [0.717, 1.165) is 20.7 Å². The number of aromatic nitrogens is 1. The average molecular weight is 344 g/mol. The van der Waals surface area contributed by atoms with E-state index in [1.807, 2.05) is 36.4 Å². The average Bonchev–Trinajstić information content (AvgIpc) is 3.11. The number of carbonyl (C=O) groups is 2. The SMILES string of the molecule is Cn1c(C(=O)O)cc2sc(CNC(=O)OCc3ccccc3)cc21. The summed E-state index contributed by atoms with van der Waals surface area (Å²) in [5.41, 5.74) is 2.01. The van der Waals surface area contributed by atoms with Gasteiger partial charge in [-0.25, -0.2) is 9.59 Å². The molecule has 7 heteroatoms. The van der Waals surface area contributed by atoms with E-state index < -0.39 is 12.1 Å². The number of aromatic carboxylic acids is 1. The van der Waals surface area contributed by atoms with Gasteiger partial charge in [-0.2, -0.15) is 0 Å². The van der Waals surface area contributed by atoms with Gasteiger partial charge in [0.1, 0.15) is 12.3 Å². The van der Waals surface area contributed by atoms with Gasteiger partial charge in [-0.05, 0) is 17.7 Å². The number of ether oxygens (including phenoxy) is 1. The van der Waals surface area contributed by atoms with Gasteiger partial charge in [0.15, 0.2) is 0 Å². The first-order valence-electron chi connectivity index (χ1n) is 7.30. The molecule has 0 saturated carbocycles. The molecule has 3 rings (SSSR count). The number of aryl methyl sites for hydroxylation is 1. The molecule has 1 aromatic carbocycles. The summed E-state index contributed by atoms with van der Waals surface area (Å²) in [6.45, 7) is 0.566. The van der Waals surface area contributed by atoms with Crippen LogP contribution in [0.1, 0.15) is 20.9 Å². The Kier molecular flexibility index (Phi) is 4.52. The lowest BCUT2D eigenvalue weighted by molar-refractivity contribution is 0.0687.